The number of carboxylic acids is 1. The maximum absolute atomic E-state index is 12.1. The molecular weight excluding hydrogens is 432 g/mol. The van der Waals surface area contributed by atoms with E-state index in [0.29, 0.717) is 21.6 Å². The zero-order valence-electron chi connectivity index (χ0n) is 14.7. The molecule has 2 saturated heterocycles. The summed E-state index contributed by atoms with van der Waals surface area (Å²) in [6.45, 7) is -1.11. The number of carboxylic acid groups (broad SMARTS) is 1. The van der Waals surface area contributed by atoms with Gasteiger partial charge in [0.1, 0.15) is 19.0 Å². The average Bonchev–Trinajstić information content (AvgIpc) is 3.05. The van der Waals surface area contributed by atoms with E-state index in [2.05, 4.69) is 4.99 Å². The van der Waals surface area contributed by atoms with E-state index >= 15 is 0 Å². The van der Waals surface area contributed by atoms with Gasteiger partial charge in [0.05, 0.1) is 30.3 Å². The Morgan fingerprint density at radius 2 is 2.11 bits per heavy atom. The van der Waals surface area contributed by atoms with Crippen LogP contribution >= 0.6 is 23.4 Å². The Bertz CT molecular complexity index is 935. The van der Waals surface area contributed by atoms with Gasteiger partial charge in [0.15, 0.2) is 15.0 Å². The van der Waals surface area contributed by atoms with Gasteiger partial charge in [-0.05, 0) is 18.2 Å². The molecule has 9 nitrogen and oxygen atoms in total. The first-order chi connectivity index (χ1) is 13.2. The lowest BCUT2D eigenvalue weighted by Crippen LogP contribution is -2.38. The van der Waals surface area contributed by atoms with Crippen LogP contribution in [0.15, 0.2) is 23.2 Å². The number of aliphatic carboxylic acids is 1. The van der Waals surface area contributed by atoms with Crippen molar-refractivity contribution in [1.29, 1.82) is 0 Å². The molecule has 2 aliphatic heterocycles. The van der Waals surface area contributed by atoms with Crippen molar-refractivity contribution in [2.75, 3.05) is 36.7 Å². The molecular formula is C16H17ClN2O7S2. The lowest BCUT2D eigenvalue weighted by atomic mass is 10.2. The summed E-state index contributed by atoms with van der Waals surface area (Å²) in [6.07, 6.45) is 0. The summed E-state index contributed by atoms with van der Waals surface area (Å²) in [5.41, 5.74) is 0.505. The number of thioether (sulfide) groups is 1. The number of methoxy groups -OCH3 is 1. The molecule has 2 atom stereocenters. The normalized spacial score (nSPS) is 24.4. The minimum Gasteiger partial charge on any atom is -0.495 e. The molecule has 2 aliphatic rings. The van der Waals surface area contributed by atoms with E-state index in [1.54, 1.807) is 23.1 Å². The van der Waals surface area contributed by atoms with Gasteiger partial charge in [-0.1, -0.05) is 23.4 Å². The SMILES string of the molecule is COc1ccc(Cl)cc1N1C(=NC(=O)COCC(=O)O)SC2CS(=O)(=O)CC21. The van der Waals surface area contributed by atoms with Gasteiger partial charge in [0, 0.05) is 10.3 Å². The van der Waals surface area contributed by atoms with E-state index < -0.39 is 41.0 Å². The third-order valence-corrected chi connectivity index (χ3v) is 7.58. The minimum absolute atomic E-state index is 0.0234. The van der Waals surface area contributed by atoms with Crippen LogP contribution < -0.4 is 9.64 Å². The number of benzene rings is 1. The number of sulfone groups is 1. The maximum Gasteiger partial charge on any atom is 0.329 e. The van der Waals surface area contributed by atoms with Crippen LogP contribution in [0.2, 0.25) is 5.02 Å². The van der Waals surface area contributed by atoms with Crippen molar-refractivity contribution in [2.24, 2.45) is 4.99 Å². The Morgan fingerprint density at radius 1 is 1.36 bits per heavy atom. The number of fused-ring (bicyclic) bond motifs is 1. The topological polar surface area (TPSA) is 123 Å². The number of amides is 1. The van der Waals surface area contributed by atoms with Gasteiger partial charge >= 0.3 is 5.97 Å². The predicted octanol–water partition coefficient (Wildman–Crippen LogP) is 1.05. The fourth-order valence-corrected chi connectivity index (χ4v) is 7.15. The van der Waals surface area contributed by atoms with Crippen LogP contribution in [0.1, 0.15) is 0 Å². The fourth-order valence-electron chi connectivity index (χ4n) is 3.06. The Balaban J connectivity index is 1.94. The summed E-state index contributed by atoms with van der Waals surface area (Å²) in [5, 5.41) is 9.00. The molecule has 2 fully saturated rings. The Labute approximate surface area is 170 Å². The number of hydrogen-bond donors (Lipinski definition) is 1. The molecule has 1 aromatic carbocycles. The van der Waals surface area contributed by atoms with Crippen LogP contribution in [0.5, 0.6) is 5.75 Å². The second-order valence-electron chi connectivity index (χ2n) is 6.16. The number of amidine groups is 1. The van der Waals surface area contributed by atoms with E-state index in [1.165, 1.54) is 18.9 Å². The number of halogens is 1. The summed E-state index contributed by atoms with van der Waals surface area (Å²) in [5.74, 6) is -1.51. The van der Waals surface area contributed by atoms with E-state index in [0.717, 1.165) is 0 Å². The molecule has 0 saturated carbocycles. The molecule has 2 heterocycles. The average molecular weight is 449 g/mol. The molecule has 0 aromatic heterocycles. The molecule has 12 heteroatoms. The lowest BCUT2D eigenvalue weighted by molar-refractivity contribution is -0.143. The Hall–Kier alpha value is -1.82. The van der Waals surface area contributed by atoms with Crippen molar-refractivity contribution >= 4 is 55.9 Å². The largest absolute Gasteiger partial charge is 0.495 e. The van der Waals surface area contributed by atoms with Gasteiger partial charge in [0.2, 0.25) is 0 Å². The highest BCUT2D eigenvalue weighted by molar-refractivity contribution is 8.16. The molecule has 152 valence electrons. The van der Waals surface area contributed by atoms with E-state index in [9.17, 15) is 18.0 Å². The van der Waals surface area contributed by atoms with Crippen molar-refractivity contribution in [3.05, 3.63) is 23.2 Å². The first-order valence-electron chi connectivity index (χ1n) is 8.11. The van der Waals surface area contributed by atoms with Gasteiger partial charge in [-0.15, -0.1) is 0 Å². The first-order valence-corrected chi connectivity index (χ1v) is 11.2. The quantitative estimate of drug-likeness (QED) is 0.680. The van der Waals surface area contributed by atoms with Gasteiger partial charge in [0.25, 0.3) is 5.91 Å². The lowest BCUT2D eigenvalue weighted by Gasteiger charge is -2.26. The second kappa shape index (κ2) is 8.27. The maximum atomic E-state index is 12.1. The number of anilines is 1. The first kappa shape index (κ1) is 20.9. The van der Waals surface area contributed by atoms with Crippen LogP contribution in [-0.4, -0.2) is 73.7 Å². The molecule has 0 aliphatic carbocycles. The number of hydrogen-bond acceptors (Lipinski definition) is 7. The zero-order valence-corrected chi connectivity index (χ0v) is 17.1. The summed E-state index contributed by atoms with van der Waals surface area (Å²) >= 11 is 7.30. The highest BCUT2D eigenvalue weighted by atomic mass is 35.5. The van der Waals surface area contributed by atoms with Gasteiger partial charge in [-0.2, -0.15) is 4.99 Å². The molecule has 0 spiro atoms. The number of ether oxygens (including phenoxy) is 2. The van der Waals surface area contributed by atoms with E-state index in [1.807, 2.05) is 0 Å². The third-order valence-electron chi connectivity index (χ3n) is 4.14. The highest BCUT2D eigenvalue weighted by Crippen LogP contribution is 2.44. The summed E-state index contributed by atoms with van der Waals surface area (Å²) in [4.78, 5) is 28.3. The molecule has 2 unspecified atom stereocenters. The van der Waals surface area contributed by atoms with Crippen molar-refractivity contribution in [2.45, 2.75) is 11.3 Å². The van der Waals surface area contributed by atoms with Crippen LogP contribution in [0.4, 0.5) is 5.69 Å². The van der Waals surface area contributed by atoms with E-state index in [4.69, 9.17) is 26.2 Å². The molecule has 3 rings (SSSR count). The molecule has 1 amide bonds. The summed E-state index contributed by atoms with van der Waals surface area (Å²) in [6, 6.07) is 4.48. The number of carbonyl (C=O) groups is 2. The van der Waals surface area contributed by atoms with Crippen molar-refractivity contribution in [3.8, 4) is 5.75 Å². The Kier molecular flexibility index (Phi) is 6.18. The van der Waals surface area contributed by atoms with Gasteiger partial charge in [-0.25, -0.2) is 13.2 Å². The molecule has 28 heavy (non-hydrogen) atoms. The summed E-state index contributed by atoms with van der Waals surface area (Å²) < 4.78 is 34.3. The number of aliphatic imine (C=N–C) groups is 1. The second-order valence-corrected chi connectivity index (χ2v) is 9.96. The van der Waals surface area contributed by atoms with Crippen LogP contribution in [0, 0.1) is 0 Å². The van der Waals surface area contributed by atoms with Crippen LogP contribution in [0.25, 0.3) is 0 Å². The smallest absolute Gasteiger partial charge is 0.329 e. The van der Waals surface area contributed by atoms with Crippen LogP contribution in [-0.2, 0) is 24.2 Å². The highest BCUT2D eigenvalue weighted by Gasteiger charge is 2.50. The third kappa shape index (κ3) is 4.59. The molecule has 0 bridgehead atoms. The van der Waals surface area contributed by atoms with Crippen molar-refractivity contribution in [3.63, 3.8) is 0 Å². The number of nitrogens with zero attached hydrogens (tertiary/aromatic N) is 2. The van der Waals surface area contributed by atoms with Gasteiger partial charge < -0.3 is 19.5 Å². The molecule has 0 radical (unpaired) electrons. The van der Waals surface area contributed by atoms with Crippen molar-refractivity contribution in [1.82, 2.24) is 0 Å². The monoisotopic (exact) mass is 448 g/mol. The summed E-state index contributed by atoms with van der Waals surface area (Å²) in [7, 11) is -1.75. The van der Waals surface area contributed by atoms with Crippen LogP contribution in [0.3, 0.4) is 0 Å². The number of carbonyl (C=O) groups excluding carboxylic acids is 1. The standard InChI is InChI=1S/C16H17ClN2O7S2/c1-25-12-3-2-9(17)4-10(12)19-11-7-28(23,24)8-13(11)27-16(19)18-14(20)5-26-6-15(21)22/h2-4,11,13H,5-8H2,1H3,(H,21,22). The molecule has 1 N–H and O–H groups in total. The molecule has 1 aromatic rings. The predicted molar refractivity (Wildman–Crippen MR) is 105 cm³/mol. The van der Waals surface area contributed by atoms with Gasteiger partial charge in [-0.3, -0.25) is 4.79 Å². The Morgan fingerprint density at radius 3 is 2.79 bits per heavy atom. The fraction of sp³-hybridized carbons (Fsp3) is 0.438. The van der Waals surface area contributed by atoms with Crippen molar-refractivity contribution < 1.29 is 32.6 Å². The zero-order chi connectivity index (χ0) is 20.5. The minimum atomic E-state index is -3.22. The van der Waals surface area contributed by atoms with E-state index in [-0.39, 0.29) is 16.8 Å². The number of rotatable bonds is 6.